The summed E-state index contributed by atoms with van der Waals surface area (Å²) in [5.41, 5.74) is 3.66. The molecule has 0 aromatic heterocycles. The van der Waals surface area contributed by atoms with E-state index < -0.39 is 8.32 Å². The number of allylic oxidation sites excluding steroid dienone is 1. The molecule has 2 heteroatoms. The fraction of sp³-hybridized carbons (Fsp3) is 0.167. The topological polar surface area (TPSA) is 9.23 Å². The van der Waals surface area contributed by atoms with Crippen molar-refractivity contribution < 1.29 is 4.43 Å². The maximum absolute atomic E-state index is 6.88. The van der Waals surface area contributed by atoms with Gasteiger partial charge in [0.1, 0.15) is 5.75 Å². The second kappa shape index (κ2) is 7.75. The van der Waals surface area contributed by atoms with Crippen LogP contribution in [0.5, 0.6) is 5.75 Å². The molecule has 0 aliphatic carbocycles. The van der Waals surface area contributed by atoms with Crippen molar-refractivity contribution in [2.24, 2.45) is 0 Å². The van der Waals surface area contributed by atoms with Crippen LogP contribution in [0.1, 0.15) is 16.7 Å². The predicted molar refractivity (Wildman–Crippen MR) is 114 cm³/mol. The largest absolute Gasteiger partial charge is 0.534 e. The van der Waals surface area contributed by atoms with Crippen LogP contribution < -0.4 is 14.8 Å². The van der Waals surface area contributed by atoms with Gasteiger partial charge in [0.25, 0.3) is 0 Å². The third-order valence-corrected chi connectivity index (χ3v) is 8.34. The average molecular weight is 359 g/mol. The van der Waals surface area contributed by atoms with Crippen molar-refractivity contribution in [3.63, 3.8) is 0 Å². The Labute approximate surface area is 158 Å². The molecule has 0 N–H and O–H groups in total. The molecule has 0 bridgehead atoms. The number of rotatable bonds is 6. The number of hydrogen-bond acceptors (Lipinski definition) is 1. The Hall–Kier alpha value is -2.58. The highest BCUT2D eigenvalue weighted by Crippen LogP contribution is 2.28. The van der Waals surface area contributed by atoms with Crippen LogP contribution in [0.15, 0.2) is 85.5 Å². The van der Waals surface area contributed by atoms with Crippen molar-refractivity contribution in [3.8, 4) is 5.75 Å². The van der Waals surface area contributed by atoms with Crippen molar-refractivity contribution in [3.05, 3.63) is 102 Å². The molecule has 0 unspecified atom stereocenters. The Kier molecular flexibility index (Phi) is 5.43. The highest BCUT2D eigenvalue weighted by molar-refractivity contribution is 6.97. The first-order chi connectivity index (χ1) is 12.5. The Balaban J connectivity index is 2.09. The summed E-state index contributed by atoms with van der Waals surface area (Å²) in [5.74, 6) is 1.01. The summed E-state index contributed by atoms with van der Waals surface area (Å²) in [5, 5.41) is 2.56. The monoisotopic (exact) mass is 358 g/mol. The first-order valence-corrected chi connectivity index (χ1v) is 11.5. The molecule has 26 heavy (non-hydrogen) atoms. The van der Waals surface area contributed by atoms with Crippen LogP contribution in [-0.2, 0) is 6.42 Å². The lowest BCUT2D eigenvalue weighted by Gasteiger charge is -2.31. The molecule has 0 saturated heterocycles. The van der Waals surface area contributed by atoms with Crippen LogP contribution in [0.2, 0.25) is 6.55 Å². The third-order valence-electron chi connectivity index (χ3n) is 4.86. The van der Waals surface area contributed by atoms with Gasteiger partial charge in [-0.2, -0.15) is 0 Å². The lowest BCUT2D eigenvalue weighted by molar-refractivity contribution is 0.560. The number of aryl methyl sites for hydroxylation is 2. The molecule has 0 heterocycles. The van der Waals surface area contributed by atoms with Crippen molar-refractivity contribution >= 4 is 18.7 Å². The third kappa shape index (κ3) is 3.66. The van der Waals surface area contributed by atoms with Gasteiger partial charge in [0.15, 0.2) is 0 Å². The first-order valence-electron chi connectivity index (χ1n) is 9.05. The van der Waals surface area contributed by atoms with Crippen LogP contribution in [0.4, 0.5) is 0 Å². The highest BCUT2D eigenvalue weighted by atomic mass is 28.4. The second-order valence-electron chi connectivity index (χ2n) is 6.92. The molecule has 3 rings (SSSR count). The Bertz CT molecular complexity index is 822. The van der Waals surface area contributed by atoms with E-state index in [1.807, 2.05) is 6.08 Å². The van der Waals surface area contributed by atoms with E-state index >= 15 is 0 Å². The zero-order chi connectivity index (χ0) is 18.6. The molecule has 0 aliphatic heterocycles. The second-order valence-corrected chi connectivity index (χ2v) is 10.3. The molecule has 132 valence electrons. The molecular weight excluding hydrogens is 332 g/mol. The molecule has 0 saturated carbocycles. The minimum absolute atomic E-state index is 0.883. The van der Waals surface area contributed by atoms with Gasteiger partial charge in [-0.1, -0.05) is 78.9 Å². The average Bonchev–Trinajstić information content (AvgIpc) is 2.66. The number of benzene rings is 3. The van der Waals surface area contributed by atoms with E-state index in [2.05, 4.69) is 99.8 Å². The minimum Gasteiger partial charge on any atom is -0.534 e. The van der Waals surface area contributed by atoms with Gasteiger partial charge in [-0.15, -0.1) is 6.58 Å². The summed E-state index contributed by atoms with van der Waals surface area (Å²) in [6.45, 7) is 10.4. The molecule has 0 spiro atoms. The van der Waals surface area contributed by atoms with Crippen molar-refractivity contribution in [1.82, 2.24) is 0 Å². The summed E-state index contributed by atoms with van der Waals surface area (Å²) in [4.78, 5) is 0. The predicted octanol–water partition coefficient (Wildman–Crippen LogP) is 4.80. The van der Waals surface area contributed by atoms with Gasteiger partial charge in [0.05, 0.1) is 0 Å². The van der Waals surface area contributed by atoms with Gasteiger partial charge in [-0.05, 0) is 53.9 Å². The van der Waals surface area contributed by atoms with Crippen molar-refractivity contribution in [2.75, 3.05) is 0 Å². The first kappa shape index (κ1) is 18.2. The highest BCUT2D eigenvalue weighted by Gasteiger charge is 2.36. The summed E-state index contributed by atoms with van der Waals surface area (Å²) in [6.07, 6.45) is 2.83. The van der Waals surface area contributed by atoms with E-state index in [4.69, 9.17) is 4.43 Å². The molecule has 1 nitrogen and oxygen atoms in total. The standard InChI is InChI=1S/C24H26OSi/c1-5-12-21-17-19(2)24(20(3)18-21)25-26(4,22-13-8-6-9-14-22)23-15-10-7-11-16-23/h5-11,13-18H,1,12H2,2-4H3. The van der Waals surface area contributed by atoms with Gasteiger partial charge in [0.2, 0.25) is 0 Å². The summed E-state index contributed by atoms with van der Waals surface area (Å²) in [6, 6.07) is 25.7. The summed E-state index contributed by atoms with van der Waals surface area (Å²) < 4.78 is 6.88. The SMILES string of the molecule is C=CCc1cc(C)c(O[Si](C)(c2ccccc2)c2ccccc2)c(C)c1. The Morgan fingerprint density at radius 3 is 1.73 bits per heavy atom. The van der Waals surface area contributed by atoms with Gasteiger partial charge in [-0.25, -0.2) is 0 Å². The number of hydrogen-bond donors (Lipinski definition) is 0. The molecular formula is C24H26OSi. The van der Waals surface area contributed by atoms with Crippen LogP contribution >= 0.6 is 0 Å². The molecule has 0 amide bonds. The fourth-order valence-electron chi connectivity index (χ4n) is 3.49. The summed E-state index contributed by atoms with van der Waals surface area (Å²) >= 11 is 0. The van der Waals surface area contributed by atoms with E-state index in [0.717, 1.165) is 12.2 Å². The molecule has 0 aliphatic rings. The van der Waals surface area contributed by atoms with Crippen LogP contribution in [0.25, 0.3) is 0 Å². The maximum atomic E-state index is 6.88. The van der Waals surface area contributed by atoms with Crippen LogP contribution in [0.3, 0.4) is 0 Å². The Morgan fingerprint density at radius 2 is 1.31 bits per heavy atom. The summed E-state index contributed by atoms with van der Waals surface area (Å²) in [7, 11) is -2.36. The van der Waals surface area contributed by atoms with Gasteiger partial charge in [0, 0.05) is 0 Å². The normalized spacial score (nSPS) is 11.2. The lowest BCUT2D eigenvalue weighted by atomic mass is 10.0. The van der Waals surface area contributed by atoms with E-state index in [1.165, 1.54) is 27.1 Å². The van der Waals surface area contributed by atoms with E-state index in [9.17, 15) is 0 Å². The zero-order valence-corrected chi connectivity index (χ0v) is 16.8. The maximum Gasteiger partial charge on any atom is 0.311 e. The molecule has 0 fully saturated rings. The lowest BCUT2D eigenvalue weighted by Crippen LogP contribution is -2.61. The fourth-order valence-corrected chi connectivity index (χ4v) is 6.44. The molecule has 3 aromatic carbocycles. The van der Waals surface area contributed by atoms with Crippen LogP contribution in [-0.4, -0.2) is 8.32 Å². The van der Waals surface area contributed by atoms with E-state index in [0.29, 0.717) is 0 Å². The van der Waals surface area contributed by atoms with E-state index in [-0.39, 0.29) is 0 Å². The van der Waals surface area contributed by atoms with Crippen molar-refractivity contribution in [1.29, 1.82) is 0 Å². The van der Waals surface area contributed by atoms with Crippen LogP contribution in [0, 0.1) is 13.8 Å². The van der Waals surface area contributed by atoms with Gasteiger partial charge in [-0.3, -0.25) is 0 Å². The quantitative estimate of drug-likeness (QED) is 0.454. The van der Waals surface area contributed by atoms with Crippen molar-refractivity contribution in [2.45, 2.75) is 26.8 Å². The van der Waals surface area contributed by atoms with Gasteiger partial charge < -0.3 is 4.43 Å². The minimum atomic E-state index is -2.36. The smallest absolute Gasteiger partial charge is 0.311 e. The van der Waals surface area contributed by atoms with Gasteiger partial charge >= 0.3 is 8.32 Å². The molecule has 0 radical (unpaired) electrons. The van der Waals surface area contributed by atoms with E-state index in [1.54, 1.807) is 0 Å². The molecule has 3 aromatic rings. The Morgan fingerprint density at radius 1 is 0.846 bits per heavy atom. The zero-order valence-electron chi connectivity index (χ0n) is 15.8. The molecule has 0 atom stereocenters.